The Bertz CT molecular complexity index is 149. The van der Waals surface area contributed by atoms with Crippen LogP contribution in [0, 0.1) is 5.41 Å². The first-order chi connectivity index (χ1) is 6.04. The van der Waals surface area contributed by atoms with Crippen molar-refractivity contribution in [1.29, 1.82) is 0 Å². The summed E-state index contributed by atoms with van der Waals surface area (Å²) in [4.78, 5) is 5.86. The summed E-state index contributed by atoms with van der Waals surface area (Å²) < 4.78 is 0. The van der Waals surface area contributed by atoms with Crippen molar-refractivity contribution in [2.75, 3.05) is 26.7 Å². The van der Waals surface area contributed by atoms with E-state index in [4.69, 9.17) is 4.84 Å². The molecule has 1 saturated heterocycles. The van der Waals surface area contributed by atoms with E-state index < -0.39 is 0 Å². The van der Waals surface area contributed by atoms with Crippen LogP contribution in [0.5, 0.6) is 0 Å². The number of hydroxylamine groups is 2. The fourth-order valence-electron chi connectivity index (χ4n) is 1.26. The maximum absolute atomic E-state index is 5.86. The topological polar surface area (TPSA) is 24.5 Å². The van der Waals surface area contributed by atoms with Gasteiger partial charge in [0, 0.05) is 19.6 Å². The van der Waals surface area contributed by atoms with Gasteiger partial charge in [-0.3, -0.25) is 4.84 Å². The Balaban J connectivity index is 2.36. The predicted octanol–water partition coefficient (Wildman–Crippen LogP) is 1.26. The van der Waals surface area contributed by atoms with Crippen LogP contribution in [0.2, 0.25) is 0 Å². The Kier molecular flexibility index (Phi) is 3.71. The molecule has 0 saturated carbocycles. The molecule has 1 unspecified atom stereocenters. The van der Waals surface area contributed by atoms with E-state index in [1.165, 1.54) is 6.42 Å². The SMILES string of the molecule is CNCC(ON1CCC1)C(C)(C)C. The normalized spacial score (nSPS) is 21.2. The smallest absolute Gasteiger partial charge is 0.0965 e. The molecule has 0 aliphatic carbocycles. The van der Waals surface area contributed by atoms with Gasteiger partial charge in [0.25, 0.3) is 0 Å². The lowest BCUT2D eigenvalue weighted by Crippen LogP contribution is -2.47. The molecule has 0 amide bonds. The molecule has 78 valence electrons. The summed E-state index contributed by atoms with van der Waals surface area (Å²) in [6, 6.07) is 0. The Morgan fingerprint density at radius 2 is 2.00 bits per heavy atom. The molecule has 3 nitrogen and oxygen atoms in total. The van der Waals surface area contributed by atoms with Gasteiger partial charge in [-0.05, 0) is 18.9 Å². The number of likely N-dealkylation sites (N-methyl/N-ethyl adjacent to an activating group) is 1. The number of nitrogens with one attached hydrogen (secondary N) is 1. The van der Waals surface area contributed by atoms with Crippen molar-refractivity contribution in [1.82, 2.24) is 10.4 Å². The Morgan fingerprint density at radius 1 is 1.38 bits per heavy atom. The molecule has 1 rings (SSSR count). The minimum atomic E-state index is 0.207. The van der Waals surface area contributed by atoms with Crippen molar-refractivity contribution in [3.63, 3.8) is 0 Å². The van der Waals surface area contributed by atoms with E-state index in [0.717, 1.165) is 19.6 Å². The van der Waals surface area contributed by atoms with Gasteiger partial charge in [0.1, 0.15) is 0 Å². The molecule has 1 aliphatic rings. The first kappa shape index (κ1) is 11.0. The molecule has 1 atom stereocenters. The third-order valence-corrected chi connectivity index (χ3v) is 2.45. The van der Waals surface area contributed by atoms with Gasteiger partial charge < -0.3 is 5.32 Å². The molecule has 0 aromatic rings. The molecule has 1 aliphatic heterocycles. The van der Waals surface area contributed by atoms with Gasteiger partial charge in [-0.1, -0.05) is 20.8 Å². The molecular weight excluding hydrogens is 164 g/mol. The lowest BCUT2D eigenvalue weighted by molar-refractivity contribution is -0.250. The molecule has 3 heteroatoms. The Morgan fingerprint density at radius 3 is 2.31 bits per heavy atom. The van der Waals surface area contributed by atoms with Crippen molar-refractivity contribution in [3.8, 4) is 0 Å². The number of hydrogen-bond donors (Lipinski definition) is 1. The first-order valence-electron chi connectivity index (χ1n) is 5.10. The maximum atomic E-state index is 5.86. The van der Waals surface area contributed by atoms with Crippen molar-refractivity contribution in [2.45, 2.75) is 33.3 Å². The largest absolute Gasteiger partial charge is 0.317 e. The maximum Gasteiger partial charge on any atom is 0.0965 e. The summed E-state index contributed by atoms with van der Waals surface area (Å²) in [6.07, 6.45) is 1.55. The Labute approximate surface area is 81.4 Å². The van der Waals surface area contributed by atoms with Crippen LogP contribution in [0.1, 0.15) is 27.2 Å². The van der Waals surface area contributed by atoms with E-state index in [1.54, 1.807) is 0 Å². The van der Waals surface area contributed by atoms with E-state index >= 15 is 0 Å². The zero-order chi connectivity index (χ0) is 9.90. The lowest BCUT2D eigenvalue weighted by Gasteiger charge is -2.38. The summed E-state index contributed by atoms with van der Waals surface area (Å²) in [5, 5.41) is 5.24. The van der Waals surface area contributed by atoms with Crippen LogP contribution >= 0.6 is 0 Å². The van der Waals surface area contributed by atoms with E-state index in [-0.39, 0.29) is 11.5 Å². The lowest BCUT2D eigenvalue weighted by atomic mass is 9.89. The number of hydrogen-bond acceptors (Lipinski definition) is 3. The van der Waals surface area contributed by atoms with Gasteiger partial charge in [-0.2, -0.15) is 5.06 Å². The van der Waals surface area contributed by atoms with Gasteiger partial charge in [0.05, 0.1) is 6.10 Å². The van der Waals surface area contributed by atoms with Crippen molar-refractivity contribution < 1.29 is 4.84 Å². The van der Waals surface area contributed by atoms with Crippen LogP contribution in [0.25, 0.3) is 0 Å². The summed E-state index contributed by atoms with van der Waals surface area (Å²) in [5.74, 6) is 0. The second-order valence-electron chi connectivity index (χ2n) is 4.80. The molecule has 1 N–H and O–H groups in total. The van der Waals surface area contributed by atoms with Gasteiger partial charge in [-0.15, -0.1) is 0 Å². The average Bonchev–Trinajstić information content (AvgIpc) is 1.91. The van der Waals surface area contributed by atoms with Crippen molar-refractivity contribution >= 4 is 0 Å². The fourth-order valence-corrected chi connectivity index (χ4v) is 1.26. The summed E-state index contributed by atoms with van der Waals surface area (Å²) in [6.45, 7) is 9.75. The third-order valence-electron chi connectivity index (χ3n) is 2.45. The van der Waals surface area contributed by atoms with E-state index in [0.29, 0.717) is 0 Å². The number of nitrogens with zero attached hydrogens (tertiary/aromatic N) is 1. The quantitative estimate of drug-likeness (QED) is 0.715. The van der Waals surface area contributed by atoms with Crippen molar-refractivity contribution in [2.24, 2.45) is 5.41 Å². The molecule has 0 bridgehead atoms. The summed E-state index contributed by atoms with van der Waals surface area (Å²) in [5.41, 5.74) is 0.207. The monoisotopic (exact) mass is 186 g/mol. The minimum Gasteiger partial charge on any atom is -0.317 e. The minimum absolute atomic E-state index is 0.207. The van der Waals surface area contributed by atoms with Crippen LogP contribution in [0.4, 0.5) is 0 Å². The van der Waals surface area contributed by atoms with Crippen LogP contribution in [-0.2, 0) is 4.84 Å². The second-order valence-corrected chi connectivity index (χ2v) is 4.80. The summed E-state index contributed by atoms with van der Waals surface area (Å²) in [7, 11) is 1.97. The molecular formula is C10H22N2O. The van der Waals surface area contributed by atoms with Gasteiger partial charge in [0.2, 0.25) is 0 Å². The fraction of sp³-hybridized carbons (Fsp3) is 1.00. The molecule has 13 heavy (non-hydrogen) atoms. The molecule has 0 radical (unpaired) electrons. The molecule has 0 aromatic carbocycles. The molecule has 1 heterocycles. The highest BCUT2D eigenvalue weighted by atomic mass is 16.7. The molecule has 0 spiro atoms. The van der Waals surface area contributed by atoms with Gasteiger partial charge in [0.15, 0.2) is 0 Å². The van der Waals surface area contributed by atoms with E-state index in [1.807, 2.05) is 7.05 Å². The average molecular weight is 186 g/mol. The highest BCUT2D eigenvalue weighted by Crippen LogP contribution is 2.24. The zero-order valence-electron chi connectivity index (χ0n) is 9.26. The second kappa shape index (κ2) is 4.40. The molecule has 0 aromatic heterocycles. The van der Waals surface area contributed by atoms with Crippen LogP contribution in [0.15, 0.2) is 0 Å². The highest BCUT2D eigenvalue weighted by molar-refractivity contribution is 4.76. The van der Waals surface area contributed by atoms with E-state index in [2.05, 4.69) is 31.2 Å². The van der Waals surface area contributed by atoms with Crippen LogP contribution < -0.4 is 5.32 Å². The molecule has 1 fully saturated rings. The number of rotatable bonds is 4. The third kappa shape index (κ3) is 3.25. The zero-order valence-corrected chi connectivity index (χ0v) is 9.26. The van der Waals surface area contributed by atoms with Crippen LogP contribution in [0.3, 0.4) is 0 Å². The van der Waals surface area contributed by atoms with Crippen molar-refractivity contribution in [3.05, 3.63) is 0 Å². The van der Waals surface area contributed by atoms with Gasteiger partial charge >= 0.3 is 0 Å². The summed E-state index contributed by atoms with van der Waals surface area (Å²) >= 11 is 0. The van der Waals surface area contributed by atoms with Gasteiger partial charge in [-0.25, -0.2) is 0 Å². The van der Waals surface area contributed by atoms with Crippen LogP contribution in [-0.4, -0.2) is 37.8 Å². The predicted molar refractivity (Wildman–Crippen MR) is 54.4 cm³/mol. The highest BCUT2D eigenvalue weighted by Gasteiger charge is 2.29. The van der Waals surface area contributed by atoms with E-state index in [9.17, 15) is 0 Å². The Hall–Kier alpha value is -0.120. The standard InChI is InChI=1S/C10H22N2O/c1-10(2,3)9(8-11-4)13-12-6-5-7-12/h9,11H,5-8H2,1-4H3. The first-order valence-corrected chi connectivity index (χ1v) is 5.10.